The van der Waals surface area contributed by atoms with Gasteiger partial charge in [-0.1, -0.05) is 6.92 Å². The molecule has 1 amide bonds. The summed E-state index contributed by atoms with van der Waals surface area (Å²) in [5.41, 5.74) is 1.28. The molecule has 1 aliphatic rings. The summed E-state index contributed by atoms with van der Waals surface area (Å²) in [5, 5.41) is 14.0. The van der Waals surface area contributed by atoms with E-state index in [4.69, 9.17) is 0 Å². The van der Waals surface area contributed by atoms with E-state index in [9.17, 15) is 4.79 Å². The van der Waals surface area contributed by atoms with Crippen molar-refractivity contribution in [2.45, 2.75) is 40.0 Å². The second kappa shape index (κ2) is 5.61. The molecule has 1 aliphatic heterocycles. The Kier molecular flexibility index (Phi) is 4.09. The van der Waals surface area contributed by atoms with Crippen LogP contribution in [0.2, 0.25) is 0 Å². The van der Waals surface area contributed by atoms with Crippen LogP contribution in [0.5, 0.6) is 0 Å². The zero-order valence-electron chi connectivity index (χ0n) is 11.8. The number of piperidine rings is 1. The predicted octanol–water partition coefficient (Wildman–Crippen LogP) is 1.21. The van der Waals surface area contributed by atoms with Gasteiger partial charge in [0, 0.05) is 0 Å². The number of amides is 1. The maximum absolute atomic E-state index is 12.5. The number of anilines is 1. The highest BCUT2D eigenvalue weighted by molar-refractivity contribution is 5.93. The molecule has 1 aromatic heterocycles. The molecular weight excluding hydrogens is 242 g/mol. The molecule has 0 bridgehead atoms. The Labute approximate surface area is 113 Å². The minimum atomic E-state index is -0.298. The first-order valence-electron chi connectivity index (χ1n) is 6.77. The van der Waals surface area contributed by atoms with Crippen molar-refractivity contribution in [1.29, 1.82) is 0 Å². The quantitative estimate of drug-likeness (QED) is 0.856. The summed E-state index contributed by atoms with van der Waals surface area (Å²) < 4.78 is 0. The van der Waals surface area contributed by atoms with Crippen LogP contribution >= 0.6 is 0 Å². The van der Waals surface area contributed by atoms with Crippen molar-refractivity contribution in [1.82, 2.24) is 20.5 Å². The molecule has 0 unspecified atom stereocenters. The van der Waals surface area contributed by atoms with E-state index in [1.807, 2.05) is 13.8 Å². The molecule has 104 valence electrons. The lowest BCUT2D eigenvalue weighted by molar-refractivity contribution is -0.127. The number of hydrogen-bond donors (Lipinski definition) is 2. The van der Waals surface area contributed by atoms with Crippen molar-refractivity contribution < 1.29 is 4.79 Å². The molecule has 1 fully saturated rings. The van der Waals surface area contributed by atoms with E-state index in [-0.39, 0.29) is 11.3 Å². The molecule has 1 saturated heterocycles. The van der Waals surface area contributed by atoms with Gasteiger partial charge in [-0.25, -0.2) is 4.98 Å². The summed E-state index contributed by atoms with van der Waals surface area (Å²) in [7, 11) is 0. The van der Waals surface area contributed by atoms with Crippen molar-refractivity contribution in [3.63, 3.8) is 0 Å². The summed E-state index contributed by atoms with van der Waals surface area (Å²) in [6.07, 6.45) is 2.54. The SMILES string of the molecule is CCC1(C(=O)Nc2nnc(C)c(C)n2)CCNCC1. The highest BCUT2D eigenvalue weighted by Crippen LogP contribution is 2.33. The first kappa shape index (κ1) is 13.9. The molecule has 2 heterocycles. The van der Waals surface area contributed by atoms with E-state index < -0.39 is 0 Å². The molecule has 0 radical (unpaired) electrons. The number of nitrogens with zero attached hydrogens (tertiary/aromatic N) is 3. The normalized spacial score (nSPS) is 18.1. The number of hydrogen-bond acceptors (Lipinski definition) is 5. The third-order valence-electron chi connectivity index (χ3n) is 4.04. The average molecular weight is 263 g/mol. The number of nitrogens with one attached hydrogen (secondary N) is 2. The van der Waals surface area contributed by atoms with Crippen molar-refractivity contribution in [2.75, 3.05) is 18.4 Å². The average Bonchev–Trinajstić information content (AvgIpc) is 2.43. The second-order valence-corrected chi connectivity index (χ2v) is 5.14. The Balaban J connectivity index is 2.12. The molecular formula is C13H21N5O. The molecule has 0 spiro atoms. The van der Waals surface area contributed by atoms with Gasteiger partial charge in [-0.2, -0.15) is 5.10 Å². The van der Waals surface area contributed by atoms with Gasteiger partial charge in [0.25, 0.3) is 0 Å². The maximum atomic E-state index is 12.5. The van der Waals surface area contributed by atoms with E-state index in [1.54, 1.807) is 0 Å². The lowest BCUT2D eigenvalue weighted by Gasteiger charge is -2.34. The van der Waals surface area contributed by atoms with Gasteiger partial charge in [0.1, 0.15) is 0 Å². The molecule has 6 heteroatoms. The van der Waals surface area contributed by atoms with Gasteiger partial charge in [0.05, 0.1) is 16.8 Å². The molecule has 2 N–H and O–H groups in total. The molecule has 0 saturated carbocycles. The molecule has 0 aromatic carbocycles. The standard InChI is InChI=1S/C13H21N5O/c1-4-13(5-7-14-8-6-13)11(19)16-12-15-9(2)10(3)17-18-12/h14H,4-8H2,1-3H3,(H,15,16,18,19). The van der Waals surface area contributed by atoms with Gasteiger partial charge < -0.3 is 5.32 Å². The van der Waals surface area contributed by atoms with Crippen LogP contribution in [0.3, 0.4) is 0 Å². The highest BCUT2D eigenvalue weighted by Gasteiger charge is 2.38. The van der Waals surface area contributed by atoms with Gasteiger partial charge in [-0.3, -0.25) is 10.1 Å². The Morgan fingerprint density at radius 1 is 1.26 bits per heavy atom. The molecule has 6 nitrogen and oxygen atoms in total. The maximum Gasteiger partial charge on any atom is 0.249 e. The van der Waals surface area contributed by atoms with E-state index in [1.165, 1.54) is 0 Å². The van der Waals surface area contributed by atoms with E-state index in [0.29, 0.717) is 5.95 Å². The minimum absolute atomic E-state index is 0.0153. The van der Waals surface area contributed by atoms with Crippen molar-refractivity contribution in [2.24, 2.45) is 5.41 Å². The van der Waals surface area contributed by atoms with Crippen LogP contribution in [0, 0.1) is 19.3 Å². The molecule has 0 atom stereocenters. The second-order valence-electron chi connectivity index (χ2n) is 5.14. The zero-order chi connectivity index (χ0) is 13.9. The summed E-state index contributed by atoms with van der Waals surface area (Å²) in [4.78, 5) is 16.7. The smallest absolute Gasteiger partial charge is 0.249 e. The minimum Gasteiger partial charge on any atom is -0.317 e. The third-order valence-corrected chi connectivity index (χ3v) is 4.04. The Hall–Kier alpha value is -1.56. The van der Waals surface area contributed by atoms with Crippen molar-refractivity contribution in [3.8, 4) is 0 Å². The van der Waals surface area contributed by atoms with Crippen LogP contribution in [0.4, 0.5) is 5.95 Å². The van der Waals surface area contributed by atoms with Crippen LogP contribution in [-0.2, 0) is 4.79 Å². The predicted molar refractivity (Wildman–Crippen MR) is 72.8 cm³/mol. The first-order chi connectivity index (χ1) is 9.07. The van der Waals surface area contributed by atoms with Gasteiger partial charge >= 0.3 is 0 Å². The summed E-state index contributed by atoms with van der Waals surface area (Å²) in [5.74, 6) is 0.320. The number of carbonyl (C=O) groups excluding carboxylic acids is 1. The third kappa shape index (κ3) is 2.89. The highest BCUT2D eigenvalue weighted by atomic mass is 16.2. The number of aromatic nitrogens is 3. The van der Waals surface area contributed by atoms with Gasteiger partial charge in [-0.05, 0) is 46.2 Å². The van der Waals surface area contributed by atoms with Gasteiger partial charge in [-0.15, -0.1) is 5.10 Å². The van der Waals surface area contributed by atoms with Crippen LogP contribution < -0.4 is 10.6 Å². The van der Waals surface area contributed by atoms with Gasteiger partial charge in [0.2, 0.25) is 11.9 Å². The Morgan fingerprint density at radius 2 is 1.95 bits per heavy atom. The number of rotatable bonds is 3. The fourth-order valence-electron chi connectivity index (χ4n) is 2.39. The van der Waals surface area contributed by atoms with Crippen molar-refractivity contribution in [3.05, 3.63) is 11.4 Å². The molecule has 2 rings (SSSR count). The zero-order valence-corrected chi connectivity index (χ0v) is 11.8. The van der Waals surface area contributed by atoms with Crippen LogP contribution in [0.25, 0.3) is 0 Å². The summed E-state index contributed by atoms with van der Waals surface area (Å²) in [6, 6.07) is 0. The molecule has 1 aromatic rings. The molecule has 19 heavy (non-hydrogen) atoms. The van der Waals surface area contributed by atoms with E-state index in [0.717, 1.165) is 43.7 Å². The van der Waals surface area contributed by atoms with E-state index in [2.05, 4.69) is 32.7 Å². The topological polar surface area (TPSA) is 79.8 Å². The fourth-order valence-corrected chi connectivity index (χ4v) is 2.39. The van der Waals surface area contributed by atoms with E-state index >= 15 is 0 Å². The first-order valence-corrected chi connectivity index (χ1v) is 6.77. The van der Waals surface area contributed by atoms with Crippen LogP contribution in [0.1, 0.15) is 37.6 Å². The number of carbonyl (C=O) groups is 1. The van der Waals surface area contributed by atoms with Crippen LogP contribution in [-0.4, -0.2) is 34.2 Å². The molecule has 0 aliphatic carbocycles. The lowest BCUT2D eigenvalue weighted by atomic mass is 9.76. The van der Waals surface area contributed by atoms with Crippen LogP contribution in [0.15, 0.2) is 0 Å². The Morgan fingerprint density at radius 3 is 2.53 bits per heavy atom. The van der Waals surface area contributed by atoms with Gasteiger partial charge in [0.15, 0.2) is 0 Å². The summed E-state index contributed by atoms with van der Waals surface area (Å²) in [6.45, 7) is 7.53. The Bertz CT molecular complexity index is 468. The fraction of sp³-hybridized carbons (Fsp3) is 0.692. The van der Waals surface area contributed by atoms with Crippen molar-refractivity contribution >= 4 is 11.9 Å². The summed E-state index contributed by atoms with van der Waals surface area (Å²) >= 11 is 0. The number of aryl methyl sites for hydroxylation is 2. The monoisotopic (exact) mass is 263 g/mol. The largest absolute Gasteiger partial charge is 0.317 e. The lowest BCUT2D eigenvalue weighted by Crippen LogP contribution is -2.44.